The number of nitrogens with one attached hydrogen (secondary N) is 1. The Kier molecular flexibility index (Phi) is 38.8. The second-order valence-electron chi connectivity index (χ2n) is 15.4. The van der Waals surface area contributed by atoms with Crippen molar-refractivity contribution in [3.05, 3.63) is 72.9 Å². The zero-order valence-electron chi connectivity index (χ0n) is 34.5. The maximum absolute atomic E-state index is 4.49. The Morgan fingerprint density at radius 1 is 0.500 bits per heavy atom. The Bertz CT molecular complexity index is 844. The van der Waals surface area contributed by atoms with E-state index in [2.05, 4.69) is 99.9 Å². The van der Waals surface area contributed by atoms with Crippen molar-refractivity contribution in [3.63, 3.8) is 0 Å². The molecule has 1 N–H and O–H groups in total. The predicted octanol–water partition coefficient (Wildman–Crippen LogP) is 15.1. The third-order valence-electron chi connectivity index (χ3n) is 9.91. The fourth-order valence-corrected chi connectivity index (χ4v) is 6.43. The molecule has 0 heterocycles. The van der Waals surface area contributed by atoms with Crippen LogP contribution in [-0.4, -0.2) is 38.6 Å². The van der Waals surface area contributed by atoms with Crippen LogP contribution in [0.5, 0.6) is 0 Å². The van der Waals surface area contributed by atoms with E-state index >= 15 is 0 Å². The van der Waals surface area contributed by atoms with Gasteiger partial charge >= 0.3 is 0 Å². The zero-order valence-corrected chi connectivity index (χ0v) is 34.5. The summed E-state index contributed by atoms with van der Waals surface area (Å²) in [5.41, 5.74) is 2.90. The molecule has 0 aromatic rings. The summed E-state index contributed by atoms with van der Waals surface area (Å²) in [5.74, 6) is 0.728. The number of hydrogen-bond acceptors (Lipinski definition) is 2. The minimum Gasteiger partial charge on any atom is -0.317 e. The molecule has 2 nitrogen and oxygen atoms in total. The summed E-state index contributed by atoms with van der Waals surface area (Å²) in [4.78, 5) is 2.28. The molecule has 1 unspecified atom stereocenters. The Hall–Kier alpha value is -1.64. The van der Waals surface area contributed by atoms with E-state index in [4.69, 9.17) is 0 Å². The van der Waals surface area contributed by atoms with Crippen molar-refractivity contribution in [1.82, 2.24) is 10.2 Å². The second kappa shape index (κ2) is 40.1. The maximum Gasteiger partial charge on any atom is 0.00124 e. The van der Waals surface area contributed by atoms with E-state index in [1.165, 1.54) is 178 Å². The van der Waals surface area contributed by atoms with E-state index < -0.39 is 0 Å². The lowest BCUT2D eigenvalue weighted by Crippen LogP contribution is -2.20. The summed E-state index contributed by atoms with van der Waals surface area (Å²) in [7, 11) is 4.33. The van der Waals surface area contributed by atoms with Gasteiger partial charge in [-0.05, 0) is 136 Å². The second-order valence-corrected chi connectivity index (χ2v) is 15.4. The molecule has 0 saturated carbocycles. The quantitative estimate of drug-likeness (QED) is 0.0509. The first-order valence-corrected chi connectivity index (χ1v) is 21.8. The van der Waals surface area contributed by atoms with E-state index in [1.807, 2.05) is 0 Å². The highest BCUT2D eigenvalue weighted by Crippen LogP contribution is 2.25. The summed E-state index contributed by atoms with van der Waals surface area (Å²) in [6.07, 6.45) is 54.8. The fraction of sp³-hybridized carbons (Fsp3) is 0.750. The average molecular weight is 693 g/mol. The Labute approximate surface area is 315 Å². The highest BCUT2D eigenvalue weighted by Gasteiger charge is 2.12. The summed E-state index contributed by atoms with van der Waals surface area (Å²) >= 11 is 0. The van der Waals surface area contributed by atoms with Gasteiger partial charge in [0.15, 0.2) is 0 Å². The zero-order chi connectivity index (χ0) is 36.6. The van der Waals surface area contributed by atoms with Gasteiger partial charge in [0, 0.05) is 6.54 Å². The lowest BCUT2D eigenvalue weighted by molar-refractivity contribution is 0.392. The lowest BCUT2D eigenvalue weighted by atomic mass is 9.89. The maximum atomic E-state index is 4.49. The standard InChI is InChI=1S/C48H88N2/c1-7-9-11-13-15-17-19-21-23-25-27-29-31-33-35-37-46(3)38-39-48(45-47(4)41-44-50(5)6)40-43-49-42-36-34-32-30-28-26-24-22-20-18-16-14-12-10-8-2/h13-16,19-22,48-49H,3-4,7-12,17-18,23-45H2,1-2,5-6H3/b15-13-,16-14-,21-19-,22-20-. The van der Waals surface area contributed by atoms with E-state index in [0.717, 1.165) is 38.3 Å². The molecule has 0 aromatic heterocycles. The molecule has 0 aliphatic heterocycles. The molecular formula is C48H88N2. The van der Waals surface area contributed by atoms with Gasteiger partial charge in [-0.25, -0.2) is 0 Å². The molecule has 290 valence electrons. The highest BCUT2D eigenvalue weighted by atomic mass is 15.0. The van der Waals surface area contributed by atoms with Crippen LogP contribution in [0, 0.1) is 5.92 Å². The molecule has 0 rings (SSSR count). The monoisotopic (exact) mass is 693 g/mol. The van der Waals surface area contributed by atoms with Gasteiger partial charge in [-0.2, -0.15) is 0 Å². The predicted molar refractivity (Wildman–Crippen MR) is 230 cm³/mol. The molecule has 0 saturated heterocycles. The van der Waals surface area contributed by atoms with Crippen LogP contribution in [0.3, 0.4) is 0 Å². The molecule has 0 aromatic carbocycles. The van der Waals surface area contributed by atoms with Gasteiger partial charge in [0.25, 0.3) is 0 Å². The van der Waals surface area contributed by atoms with Crippen LogP contribution in [0.4, 0.5) is 0 Å². The van der Waals surface area contributed by atoms with E-state index in [9.17, 15) is 0 Å². The Morgan fingerprint density at radius 2 is 0.980 bits per heavy atom. The normalized spacial score (nSPS) is 12.9. The van der Waals surface area contributed by atoms with Crippen LogP contribution in [0.25, 0.3) is 0 Å². The van der Waals surface area contributed by atoms with Crippen molar-refractivity contribution in [1.29, 1.82) is 0 Å². The molecule has 50 heavy (non-hydrogen) atoms. The van der Waals surface area contributed by atoms with Gasteiger partial charge < -0.3 is 10.2 Å². The molecule has 0 aliphatic rings. The smallest absolute Gasteiger partial charge is 0.00124 e. The first kappa shape index (κ1) is 48.4. The van der Waals surface area contributed by atoms with Gasteiger partial charge in [-0.15, -0.1) is 0 Å². The van der Waals surface area contributed by atoms with Gasteiger partial charge in [-0.3, -0.25) is 0 Å². The van der Waals surface area contributed by atoms with Crippen molar-refractivity contribution < 1.29 is 0 Å². The number of hydrogen-bond donors (Lipinski definition) is 1. The fourth-order valence-electron chi connectivity index (χ4n) is 6.43. The van der Waals surface area contributed by atoms with Crippen molar-refractivity contribution in [2.24, 2.45) is 5.92 Å². The molecule has 2 heteroatoms. The topological polar surface area (TPSA) is 15.3 Å². The van der Waals surface area contributed by atoms with E-state index in [1.54, 1.807) is 0 Å². The largest absolute Gasteiger partial charge is 0.317 e. The summed E-state index contributed by atoms with van der Waals surface area (Å²) in [6, 6.07) is 0. The number of unbranched alkanes of at least 4 members (excludes halogenated alkanes) is 16. The molecular weight excluding hydrogens is 605 g/mol. The minimum absolute atomic E-state index is 0.728. The van der Waals surface area contributed by atoms with Crippen LogP contribution < -0.4 is 5.32 Å². The summed E-state index contributed by atoms with van der Waals surface area (Å²) in [6.45, 7) is 16.9. The Morgan fingerprint density at radius 3 is 1.50 bits per heavy atom. The van der Waals surface area contributed by atoms with E-state index in [-0.39, 0.29) is 0 Å². The van der Waals surface area contributed by atoms with Gasteiger partial charge in [-0.1, -0.05) is 164 Å². The van der Waals surface area contributed by atoms with E-state index in [0.29, 0.717) is 0 Å². The molecule has 1 atom stereocenters. The van der Waals surface area contributed by atoms with Crippen LogP contribution in [0.1, 0.15) is 194 Å². The SMILES string of the molecule is C=C(CCCCCCCC/C=C\C/C=C\CCCC)CCC(CCNCCCCCCCC/C=C\C/C=C\CCCC)CC(=C)CCN(C)C. The lowest BCUT2D eigenvalue weighted by Gasteiger charge is -2.20. The van der Waals surface area contributed by atoms with Crippen molar-refractivity contribution in [3.8, 4) is 0 Å². The number of allylic oxidation sites excluding steroid dienone is 9. The van der Waals surface area contributed by atoms with Crippen molar-refractivity contribution in [2.45, 2.75) is 194 Å². The van der Waals surface area contributed by atoms with Crippen LogP contribution in [0.15, 0.2) is 72.9 Å². The van der Waals surface area contributed by atoms with Gasteiger partial charge in [0.1, 0.15) is 0 Å². The third-order valence-corrected chi connectivity index (χ3v) is 9.91. The van der Waals surface area contributed by atoms with Crippen LogP contribution in [0.2, 0.25) is 0 Å². The molecule has 0 amide bonds. The summed E-state index contributed by atoms with van der Waals surface area (Å²) < 4.78 is 0. The average Bonchev–Trinajstić information content (AvgIpc) is 3.10. The van der Waals surface area contributed by atoms with Crippen LogP contribution >= 0.6 is 0 Å². The van der Waals surface area contributed by atoms with Crippen LogP contribution in [-0.2, 0) is 0 Å². The third kappa shape index (κ3) is 39.2. The number of rotatable bonds is 39. The summed E-state index contributed by atoms with van der Waals surface area (Å²) in [5, 5.41) is 3.78. The first-order valence-electron chi connectivity index (χ1n) is 21.8. The first-order chi connectivity index (χ1) is 24.5. The molecule has 0 aliphatic carbocycles. The molecule has 0 fully saturated rings. The molecule has 0 radical (unpaired) electrons. The highest BCUT2D eigenvalue weighted by molar-refractivity contribution is 4.99. The Balaban J connectivity index is 4.00. The van der Waals surface area contributed by atoms with Gasteiger partial charge in [0.2, 0.25) is 0 Å². The van der Waals surface area contributed by atoms with Gasteiger partial charge in [0.05, 0.1) is 0 Å². The molecule has 0 spiro atoms. The number of nitrogens with zero attached hydrogens (tertiary/aromatic N) is 1. The van der Waals surface area contributed by atoms with Crippen molar-refractivity contribution >= 4 is 0 Å². The molecule has 0 bridgehead atoms. The van der Waals surface area contributed by atoms with Crippen molar-refractivity contribution in [2.75, 3.05) is 33.7 Å². The minimum atomic E-state index is 0.728.